The number of nitrogens with one attached hydrogen (secondary N) is 1. The summed E-state index contributed by atoms with van der Waals surface area (Å²) in [5.74, 6) is 1.33. The largest absolute Gasteiger partial charge is 0.393 e. The first-order valence-corrected chi connectivity index (χ1v) is 6.68. The number of rotatable bonds is 3. The zero-order valence-corrected chi connectivity index (χ0v) is 11.4. The second-order valence-corrected chi connectivity index (χ2v) is 5.24. The zero-order chi connectivity index (χ0) is 13.1. The highest BCUT2D eigenvalue weighted by Gasteiger charge is 2.25. The summed E-state index contributed by atoms with van der Waals surface area (Å²) in [5, 5.41) is 13.0. The van der Waals surface area contributed by atoms with Gasteiger partial charge in [0.15, 0.2) is 0 Å². The number of aliphatic hydroxyl groups excluding tert-OH is 1. The van der Waals surface area contributed by atoms with Crippen molar-refractivity contribution in [3.8, 4) is 0 Å². The van der Waals surface area contributed by atoms with Gasteiger partial charge in [-0.15, -0.1) is 0 Å². The Hall–Kier alpha value is -1.13. The van der Waals surface area contributed by atoms with Crippen LogP contribution < -0.4 is 10.2 Å². The maximum Gasteiger partial charge on any atom is 0.128 e. The molecule has 0 spiro atoms. The molecule has 0 radical (unpaired) electrons. The number of hydrogen-bond acceptors (Lipinski definition) is 4. The Morgan fingerprint density at radius 1 is 1.56 bits per heavy atom. The van der Waals surface area contributed by atoms with Crippen LogP contribution in [0.2, 0.25) is 0 Å². The van der Waals surface area contributed by atoms with Gasteiger partial charge in [-0.2, -0.15) is 0 Å². The fraction of sp³-hybridized carbons (Fsp3) is 0.643. The Morgan fingerprint density at radius 2 is 2.33 bits per heavy atom. The van der Waals surface area contributed by atoms with Crippen LogP contribution >= 0.6 is 0 Å². The van der Waals surface area contributed by atoms with Gasteiger partial charge in [0, 0.05) is 25.3 Å². The summed E-state index contributed by atoms with van der Waals surface area (Å²) in [4.78, 5) is 6.72. The van der Waals surface area contributed by atoms with E-state index in [1.165, 1.54) is 5.56 Å². The van der Waals surface area contributed by atoms with Gasteiger partial charge in [-0.05, 0) is 44.0 Å². The highest BCUT2D eigenvalue weighted by molar-refractivity contribution is 5.42. The minimum Gasteiger partial charge on any atom is -0.393 e. The Labute approximate surface area is 109 Å². The van der Waals surface area contributed by atoms with Crippen LogP contribution in [0.3, 0.4) is 0 Å². The molecule has 0 aromatic carbocycles. The Bertz CT molecular complexity index is 396. The van der Waals surface area contributed by atoms with Crippen molar-refractivity contribution in [2.24, 2.45) is 5.92 Å². The lowest BCUT2D eigenvalue weighted by molar-refractivity contribution is 0.0969. The van der Waals surface area contributed by atoms with E-state index in [0.29, 0.717) is 12.0 Å². The minimum absolute atomic E-state index is 0.166. The molecule has 0 aliphatic carbocycles. The SMILES string of the molecule is CNC(C)c1ccnc(N2CCC(O)C(C)C2)c1. The molecule has 0 bridgehead atoms. The maximum absolute atomic E-state index is 9.77. The van der Waals surface area contributed by atoms with E-state index in [1.54, 1.807) is 0 Å². The van der Waals surface area contributed by atoms with Crippen LogP contribution in [-0.4, -0.2) is 36.3 Å². The molecular weight excluding hydrogens is 226 g/mol. The van der Waals surface area contributed by atoms with Gasteiger partial charge in [0.1, 0.15) is 5.82 Å². The van der Waals surface area contributed by atoms with E-state index in [0.717, 1.165) is 25.3 Å². The second-order valence-electron chi connectivity index (χ2n) is 5.24. The molecule has 1 aromatic heterocycles. The van der Waals surface area contributed by atoms with Gasteiger partial charge in [0.25, 0.3) is 0 Å². The third-order valence-corrected chi connectivity index (χ3v) is 3.89. The lowest BCUT2D eigenvalue weighted by atomic mass is 9.96. The van der Waals surface area contributed by atoms with E-state index in [2.05, 4.69) is 35.1 Å². The molecule has 1 aromatic rings. The molecule has 1 fully saturated rings. The Balaban J connectivity index is 2.13. The van der Waals surface area contributed by atoms with Crippen molar-refractivity contribution in [3.05, 3.63) is 23.9 Å². The third kappa shape index (κ3) is 2.82. The third-order valence-electron chi connectivity index (χ3n) is 3.89. The summed E-state index contributed by atoms with van der Waals surface area (Å²) >= 11 is 0. The van der Waals surface area contributed by atoms with Gasteiger partial charge >= 0.3 is 0 Å². The minimum atomic E-state index is -0.166. The predicted molar refractivity (Wildman–Crippen MR) is 73.7 cm³/mol. The van der Waals surface area contributed by atoms with Crippen molar-refractivity contribution in [3.63, 3.8) is 0 Å². The standard InChI is InChI=1S/C14H23N3O/c1-10-9-17(7-5-13(10)18)14-8-12(4-6-16-14)11(2)15-3/h4,6,8,10-11,13,15,18H,5,7,9H2,1-3H3. The summed E-state index contributed by atoms with van der Waals surface area (Å²) < 4.78 is 0. The average Bonchev–Trinajstić information content (AvgIpc) is 2.41. The Morgan fingerprint density at radius 3 is 3.00 bits per heavy atom. The van der Waals surface area contributed by atoms with Crippen molar-refractivity contribution in [2.75, 3.05) is 25.0 Å². The van der Waals surface area contributed by atoms with Gasteiger partial charge in [0.2, 0.25) is 0 Å². The molecule has 18 heavy (non-hydrogen) atoms. The predicted octanol–water partition coefficient (Wildman–Crippen LogP) is 1.57. The zero-order valence-electron chi connectivity index (χ0n) is 11.4. The first-order chi connectivity index (χ1) is 8.61. The number of nitrogens with zero attached hydrogens (tertiary/aromatic N) is 2. The summed E-state index contributed by atoms with van der Waals surface area (Å²) in [7, 11) is 1.96. The molecular formula is C14H23N3O. The van der Waals surface area contributed by atoms with Crippen molar-refractivity contribution in [2.45, 2.75) is 32.4 Å². The van der Waals surface area contributed by atoms with E-state index in [-0.39, 0.29) is 6.10 Å². The molecule has 3 atom stereocenters. The topological polar surface area (TPSA) is 48.4 Å². The molecule has 1 aliphatic heterocycles. The quantitative estimate of drug-likeness (QED) is 0.853. The highest BCUT2D eigenvalue weighted by Crippen LogP contribution is 2.23. The van der Waals surface area contributed by atoms with Crippen molar-refractivity contribution >= 4 is 5.82 Å². The van der Waals surface area contributed by atoms with E-state index >= 15 is 0 Å². The van der Waals surface area contributed by atoms with Crippen molar-refractivity contribution < 1.29 is 5.11 Å². The molecule has 0 saturated carbocycles. The summed E-state index contributed by atoms with van der Waals surface area (Å²) in [6.07, 6.45) is 2.53. The smallest absolute Gasteiger partial charge is 0.128 e. The molecule has 2 rings (SSSR count). The van der Waals surface area contributed by atoms with Gasteiger partial charge < -0.3 is 15.3 Å². The molecule has 4 heteroatoms. The van der Waals surface area contributed by atoms with E-state index in [1.807, 2.05) is 19.3 Å². The normalized spacial score (nSPS) is 26.1. The van der Waals surface area contributed by atoms with E-state index in [9.17, 15) is 5.11 Å². The molecule has 2 heterocycles. The van der Waals surface area contributed by atoms with Gasteiger partial charge in [-0.3, -0.25) is 0 Å². The fourth-order valence-electron chi connectivity index (χ4n) is 2.38. The number of hydrogen-bond donors (Lipinski definition) is 2. The van der Waals surface area contributed by atoms with Gasteiger partial charge in [-0.25, -0.2) is 4.98 Å². The van der Waals surface area contributed by atoms with Crippen LogP contribution in [0.5, 0.6) is 0 Å². The van der Waals surface area contributed by atoms with Crippen LogP contribution in [0.1, 0.15) is 31.9 Å². The molecule has 4 nitrogen and oxygen atoms in total. The highest BCUT2D eigenvalue weighted by atomic mass is 16.3. The van der Waals surface area contributed by atoms with Crippen LogP contribution in [0.25, 0.3) is 0 Å². The van der Waals surface area contributed by atoms with Crippen LogP contribution in [0.15, 0.2) is 18.3 Å². The van der Waals surface area contributed by atoms with Crippen LogP contribution in [0, 0.1) is 5.92 Å². The van der Waals surface area contributed by atoms with Crippen molar-refractivity contribution in [1.29, 1.82) is 0 Å². The van der Waals surface area contributed by atoms with Gasteiger partial charge in [0.05, 0.1) is 6.10 Å². The summed E-state index contributed by atoms with van der Waals surface area (Å²) in [5.41, 5.74) is 1.25. The molecule has 100 valence electrons. The van der Waals surface area contributed by atoms with Gasteiger partial charge in [-0.1, -0.05) is 6.92 Å². The summed E-state index contributed by atoms with van der Waals surface area (Å²) in [6, 6.07) is 4.53. The lowest BCUT2D eigenvalue weighted by Gasteiger charge is -2.35. The van der Waals surface area contributed by atoms with Crippen LogP contribution in [0.4, 0.5) is 5.82 Å². The lowest BCUT2D eigenvalue weighted by Crippen LogP contribution is -2.42. The number of piperidine rings is 1. The number of aromatic nitrogens is 1. The fourth-order valence-corrected chi connectivity index (χ4v) is 2.38. The number of anilines is 1. The van der Waals surface area contributed by atoms with E-state index < -0.39 is 0 Å². The summed E-state index contributed by atoms with van der Waals surface area (Å²) in [6.45, 7) is 6.00. The maximum atomic E-state index is 9.77. The number of pyridine rings is 1. The average molecular weight is 249 g/mol. The monoisotopic (exact) mass is 249 g/mol. The first-order valence-electron chi connectivity index (χ1n) is 6.68. The molecule has 2 N–H and O–H groups in total. The molecule has 1 saturated heterocycles. The second kappa shape index (κ2) is 5.67. The van der Waals surface area contributed by atoms with Crippen LogP contribution in [-0.2, 0) is 0 Å². The molecule has 0 amide bonds. The van der Waals surface area contributed by atoms with Crippen molar-refractivity contribution in [1.82, 2.24) is 10.3 Å². The number of aliphatic hydroxyl groups is 1. The molecule has 3 unspecified atom stereocenters. The van der Waals surface area contributed by atoms with E-state index in [4.69, 9.17) is 0 Å². The molecule has 1 aliphatic rings. The Kier molecular flexibility index (Phi) is 4.19. The first kappa shape index (κ1) is 13.3.